The molecule has 0 atom stereocenters. The van der Waals surface area contributed by atoms with Crippen molar-refractivity contribution in [2.45, 2.75) is 12.8 Å². The van der Waals surface area contributed by atoms with E-state index < -0.39 is 5.09 Å². The molecule has 0 aromatic carbocycles. The van der Waals surface area contributed by atoms with Gasteiger partial charge >= 0.3 is 0 Å². The topological polar surface area (TPSA) is 107 Å². The van der Waals surface area contributed by atoms with Gasteiger partial charge in [-0.2, -0.15) is 0 Å². The lowest BCUT2D eigenvalue weighted by atomic mass is 10.3. The van der Waals surface area contributed by atoms with E-state index in [0.29, 0.717) is 6.54 Å². The highest BCUT2D eigenvalue weighted by atomic mass is 16.9. The Hall–Kier alpha value is -1.89. The first-order valence-corrected chi connectivity index (χ1v) is 4.29. The highest BCUT2D eigenvalue weighted by Gasteiger charge is 1.97. The van der Waals surface area contributed by atoms with E-state index in [1.54, 1.807) is 12.4 Å². The van der Waals surface area contributed by atoms with Crippen LogP contribution in [0.4, 0.5) is 0 Å². The number of aromatic nitrogens is 2. The third kappa shape index (κ3) is 6.22. The molecule has 0 aliphatic rings. The van der Waals surface area contributed by atoms with Crippen LogP contribution in [-0.4, -0.2) is 26.4 Å². The van der Waals surface area contributed by atoms with E-state index in [4.69, 9.17) is 21.1 Å². The molecule has 84 valence electrons. The molecule has 0 aliphatic heterocycles. The molecule has 0 saturated carbocycles. The van der Waals surface area contributed by atoms with Crippen molar-refractivity contribution in [1.29, 1.82) is 0 Å². The van der Waals surface area contributed by atoms with Crippen molar-refractivity contribution in [3.63, 3.8) is 0 Å². The van der Waals surface area contributed by atoms with Gasteiger partial charge in [0.2, 0.25) is 0 Å². The van der Waals surface area contributed by atoms with Crippen LogP contribution in [-0.2, 0) is 6.42 Å². The van der Waals surface area contributed by atoms with Gasteiger partial charge in [0.05, 0.1) is 0 Å². The summed E-state index contributed by atoms with van der Waals surface area (Å²) in [5.41, 5.74) is 5.37. The number of rotatable bonds is 4. The van der Waals surface area contributed by atoms with E-state index in [1.165, 1.54) is 0 Å². The van der Waals surface area contributed by atoms with Crippen LogP contribution in [0.25, 0.3) is 6.20 Å². The average molecular weight is 214 g/mol. The maximum absolute atomic E-state index is 8.36. The minimum atomic E-state index is -1.50. The molecule has 1 aromatic rings. The molecule has 7 heteroatoms. The number of hydrogen-bond acceptors (Lipinski definition) is 4. The second-order valence-corrected chi connectivity index (χ2v) is 2.56. The lowest BCUT2D eigenvalue weighted by molar-refractivity contribution is -0.742. The largest absolute Gasteiger partial charge is 0.330 e. The fourth-order valence-corrected chi connectivity index (χ4v) is 0.964. The van der Waals surface area contributed by atoms with E-state index in [9.17, 15) is 0 Å². The fraction of sp³-hybridized carbons (Fsp3) is 0.375. The Bertz CT molecular complexity index is 307. The molecule has 0 radical (unpaired) electrons. The summed E-state index contributed by atoms with van der Waals surface area (Å²) in [5.74, 6) is 1.03. The Morgan fingerprint density at radius 1 is 1.80 bits per heavy atom. The molecule has 0 amide bonds. The van der Waals surface area contributed by atoms with Crippen LogP contribution in [0, 0.1) is 10.1 Å². The molecule has 0 bridgehead atoms. The van der Waals surface area contributed by atoms with Crippen molar-refractivity contribution in [3.8, 4) is 0 Å². The molecule has 0 aliphatic carbocycles. The van der Waals surface area contributed by atoms with E-state index in [-0.39, 0.29) is 0 Å². The molecule has 1 rings (SSSR count). The maximum Gasteiger partial charge on any atom is 0.291 e. The van der Waals surface area contributed by atoms with E-state index >= 15 is 0 Å². The molecule has 0 saturated heterocycles. The quantitative estimate of drug-likeness (QED) is 0.561. The molecule has 0 unspecified atom stereocenters. The summed E-state index contributed by atoms with van der Waals surface area (Å²) >= 11 is 0. The predicted molar refractivity (Wildman–Crippen MR) is 54.8 cm³/mol. The molecule has 0 fully saturated rings. The van der Waals surface area contributed by atoms with Gasteiger partial charge in [0, 0.05) is 25.0 Å². The molecular formula is C8H14N4O3. The summed E-state index contributed by atoms with van der Waals surface area (Å²) in [6, 6.07) is 0. The van der Waals surface area contributed by atoms with Crippen molar-refractivity contribution in [2.24, 2.45) is 5.73 Å². The monoisotopic (exact) mass is 214 g/mol. The lowest BCUT2D eigenvalue weighted by Gasteiger charge is -1.99. The number of nitrogens with zero attached hydrogens (tertiary/aromatic N) is 3. The summed E-state index contributed by atoms with van der Waals surface area (Å²) in [4.78, 5) is 12.5. The molecule has 0 spiro atoms. The van der Waals surface area contributed by atoms with Crippen LogP contribution >= 0.6 is 0 Å². The van der Waals surface area contributed by atoms with Crippen LogP contribution in [0.1, 0.15) is 12.2 Å². The first-order chi connectivity index (χ1) is 7.11. The van der Waals surface area contributed by atoms with Crippen molar-refractivity contribution >= 4 is 6.20 Å². The fourth-order valence-electron chi connectivity index (χ4n) is 0.964. The molecule has 15 heavy (non-hydrogen) atoms. The van der Waals surface area contributed by atoms with Gasteiger partial charge in [-0.05, 0) is 13.0 Å². The minimum absolute atomic E-state index is 0.712. The van der Waals surface area contributed by atoms with Gasteiger partial charge in [0.25, 0.3) is 5.09 Å². The van der Waals surface area contributed by atoms with Crippen molar-refractivity contribution in [3.05, 3.63) is 34.9 Å². The molecule has 1 heterocycles. The maximum atomic E-state index is 8.36. The SMILES string of the molecule is C=Cn1ccnc1CCCN.O=[N+]([O-])O. The second kappa shape index (κ2) is 7.51. The molecule has 1 aromatic heterocycles. The Morgan fingerprint density at radius 3 is 2.87 bits per heavy atom. The summed E-state index contributed by atoms with van der Waals surface area (Å²) in [7, 11) is 0. The molecular weight excluding hydrogens is 200 g/mol. The van der Waals surface area contributed by atoms with Crippen molar-refractivity contribution in [2.75, 3.05) is 6.54 Å². The normalized spacial score (nSPS) is 8.87. The standard InChI is InChI=1S/C8H13N3.HNO3/c1-2-11-7-6-10-8(11)4-3-5-9;2-1(3)4/h2,6-7H,1,3-5,9H2;(H,2,3,4). The van der Waals surface area contributed by atoms with Crippen LogP contribution < -0.4 is 5.73 Å². The van der Waals surface area contributed by atoms with E-state index in [2.05, 4.69) is 11.6 Å². The van der Waals surface area contributed by atoms with Gasteiger partial charge in [-0.3, -0.25) is 0 Å². The zero-order chi connectivity index (χ0) is 11.7. The van der Waals surface area contributed by atoms with Gasteiger partial charge < -0.3 is 15.5 Å². The second-order valence-electron chi connectivity index (χ2n) is 2.56. The Morgan fingerprint density at radius 2 is 2.40 bits per heavy atom. The van der Waals surface area contributed by atoms with Gasteiger partial charge in [0.1, 0.15) is 5.82 Å². The average Bonchev–Trinajstić information content (AvgIpc) is 2.60. The van der Waals surface area contributed by atoms with Gasteiger partial charge in [-0.15, -0.1) is 10.1 Å². The van der Waals surface area contributed by atoms with Crippen LogP contribution in [0.5, 0.6) is 0 Å². The molecule has 3 N–H and O–H groups in total. The lowest BCUT2D eigenvalue weighted by Crippen LogP contribution is -2.03. The van der Waals surface area contributed by atoms with E-state index in [0.717, 1.165) is 18.7 Å². The number of nitrogens with two attached hydrogens (primary N) is 1. The zero-order valence-electron chi connectivity index (χ0n) is 8.24. The first-order valence-electron chi connectivity index (χ1n) is 4.29. The third-order valence-corrected chi connectivity index (χ3v) is 1.55. The van der Waals surface area contributed by atoms with Gasteiger partial charge in [0.15, 0.2) is 0 Å². The number of aryl methyl sites for hydroxylation is 1. The smallest absolute Gasteiger partial charge is 0.291 e. The third-order valence-electron chi connectivity index (χ3n) is 1.55. The van der Waals surface area contributed by atoms with Gasteiger partial charge in [-0.1, -0.05) is 6.58 Å². The summed E-state index contributed by atoms with van der Waals surface area (Å²) in [6.07, 6.45) is 7.31. The van der Waals surface area contributed by atoms with Crippen molar-refractivity contribution in [1.82, 2.24) is 9.55 Å². The van der Waals surface area contributed by atoms with E-state index in [1.807, 2.05) is 10.8 Å². The van der Waals surface area contributed by atoms with Crippen LogP contribution in [0.3, 0.4) is 0 Å². The minimum Gasteiger partial charge on any atom is -0.330 e. The summed E-state index contributed by atoms with van der Waals surface area (Å²) < 4.78 is 1.91. The van der Waals surface area contributed by atoms with Crippen LogP contribution in [0.15, 0.2) is 19.0 Å². The predicted octanol–water partition coefficient (Wildman–Crippen LogP) is 0.527. The number of hydrogen-bond donors (Lipinski definition) is 2. The Labute approximate surface area is 87.0 Å². The highest BCUT2D eigenvalue weighted by Crippen LogP contribution is 2.00. The number of imidazole rings is 1. The van der Waals surface area contributed by atoms with Crippen LogP contribution in [0.2, 0.25) is 0 Å². The van der Waals surface area contributed by atoms with Crippen molar-refractivity contribution < 1.29 is 10.3 Å². The summed E-state index contributed by atoms with van der Waals surface area (Å²) in [5, 5.41) is 13.6. The highest BCUT2D eigenvalue weighted by molar-refractivity contribution is 5.19. The Balaban J connectivity index is 0.000000423. The molecule has 7 nitrogen and oxygen atoms in total. The van der Waals surface area contributed by atoms with Gasteiger partial charge in [-0.25, -0.2) is 4.98 Å². The summed E-state index contributed by atoms with van der Waals surface area (Å²) in [6.45, 7) is 4.38. The Kier molecular flexibility index (Phi) is 6.56. The zero-order valence-corrected chi connectivity index (χ0v) is 8.24. The first kappa shape index (κ1) is 13.1.